The summed E-state index contributed by atoms with van der Waals surface area (Å²) in [5, 5.41) is 0. The summed E-state index contributed by atoms with van der Waals surface area (Å²) < 4.78 is 16.4. The van der Waals surface area contributed by atoms with Gasteiger partial charge in [0, 0.05) is 19.3 Å². The molecule has 0 aliphatic heterocycles. The van der Waals surface area contributed by atoms with Crippen molar-refractivity contribution in [2.75, 3.05) is 13.2 Å². The SMILES string of the molecule is CCCC/C=C\CCCCCCCC(=O)OCC(COC(=O)CCCCCCCC)OC(=O)CCCCCCCCCC. The Bertz CT molecular complexity index is 674. The molecule has 6 heteroatoms. The van der Waals surface area contributed by atoms with Crippen molar-refractivity contribution in [3.8, 4) is 0 Å². The van der Waals surface area contributed by atoms with Crippen LogP contribution in [0.3, 0.4) is 0 Å². The number of esters is 3. The quantitative estimate of drug-likeness (QED) is 0.0327. The van der Waals surface area contributed by atoms with Gasteiger partial charge in [-0.25, -0.2) is 0 Å². The molecule has 0 bridgehead atoms. The zero-order chi connectivity index (χ0) is 31.6. The molecule has 0 aromatic rings. The molecular weight excluding hydrogens is 540 g/mol. The fourth-order valence-electron chi connectivity index (χ4n) is 4.95. The molecule has 0 aliphatic carbocycles. The Hall–Kier alpha value is -1.85. The molecule has 0 amide bonds. The molecule has 1 atom stereocenters. The van der Waals surface area contributed by atoms with Crippen LogP contribution in [0, 0.1) is 0 Å². The molecule has 1 unspecified atom stereocenters. The van der Waals surface area contributed by atoms with Gasteiger partial charge in [0.15, 0.2) is 6.10 Å². The van der Waals surface area contributed by atoms with E-state index in [4.69, 9.17) is 14.2 Å². The smallest absolute Gasteiger partial charge is 0.306 e. The standard InChI is InChI=1S/C37H68O6/c1-4-7-10-13-16-18-19-20-22-24-27-30-36(39)42-33-34(32-41-35(38)29-26-23-15-12-9-6-3)43-37(40)31-28-25-21-17-14-11-8-5-2/h13,16,34H,4-12,14-15,17-33H2,1-3H3/b16-13-. The van der Waals surface area contributed by atoms with Crippen LogP contribution < -0.4 is 0 Å². The van der Waals surface area contributed by atoms with Gasteiger partial charge < -0.3 is 14.2 Å². The first kappa shape index (κ1) is 41.1. The van der Waals surface area contributed by atoms with E-state index in [2.05, 4.69) is 32.9 Å². The van der Waals surface area contributed by atoms with Crippen LogP contribution in [0.5, 0.6) is 0 Å². The Kier molecular flexibility index (Phi) is 31.6. The van der Waals surface area contributed by atoms with E-state index in [1.807, 2.05) is 0 Å². The maximum Gasteiger partial charge on any atom is 0.306 e. The minimum Gasteiger partial charge on any atom is -0.462 e. The van der Waals surface area contributed by atoms with Gasteiger partial charge in [-0.2, -0.15) is 0 Å². The summed E-state index contributed by atoms with van der Waals surface area (Å²) in [4.78, 5) is 37.1. The van der Waals surface area contributed by atoms with Crippen molar-refractivity contribution in [1.29, 1.82) is 0 Å². The minimum absolute atomic E-state index is 0.0714. The van der Waals surface area contributed by atoms with Crippen LogP contribution in [-0.2, 0) is 28.6 Å². The largest absolute Gasteiger partial charge is 0.462 e. The third-order valence-corrected chi connectivity index (χ3v) is 7.77. The van der Waals surface area contributed by atoms with Gasteiger partial charge in [-0.1, -0.05) is 142 Å². The van der Waals surface area contributed by atoms with Crippen LogP contribution in [0.2, 0.25) is 0 Å². The Morgan fingerprint density at radius 1 is 0.442 bits per heavy atom. The molecule has 252 valence electrons. The monoisotopic (exact) mass is 609 g/mol. The molecule has 0 aromatic heterocycles. The molecule has 0 saturated carbocycles. The molecular formula is C37H68O6. The first-order valence-electron chi connectivity index (χ1n) is 18.2. The minimum atomic E-state index is -0.760. The molecule has 0 heterocycles. The van der Waals surface area contributed by atoms with E-state index in [9.17, 15) is 14.4 Å². The molecule has 0 spiro atoms. The molecule has 0 saturated heterocycles. The third kappa shape index (κ3) is 31.4. The van der Waals surface area contributed by atoms with Crippen LogP contribution in [0.25, 0.3) is 0 Å². The number of unbranched alkanes of at least 4 members (excludes halogenated alkanes) is 19. The van der Waals surface area contributed by atoms with E-state index < -0.39 is 6.10 Å². The van der Waals surface area contributed by atoms with Crippen LogP contribution in [0.4, 0.5) is 0 Å². The summed E-state index contributed by atoms with van der Waals surface area (Å²) >= 11 is 0. The number of allylic oxidation sites excluding steroid dienone is 2. The van der Waals surface area contributed by atoms with Gasteiger partial charge in [-0.05, 0) is 38.5 Å². The van der Waals surface area contributed by atoms with Gasteiger partial charge in [-0.3, -0.25) is 14.4 Å². The van der Waals surface area contributed by atoms with Crippen molar-refractivity contribution in [3.63, 3.8) is 0 Å². The Morgan fingerprint density at radius 2 is 0.791 bits per heavy atom. The third-order valence-electron chi connectivity index (χ3n) is 7.77. The van der Waals surface area contributed by atoms with E-state index in [-0.39, 0.29) is 31.1 Å². The van der Waals surface area contributed by atoms with Crippen molar-refractivity contribution in [2.24, 2.45) is 0 Å². The molecule has 6 nitrogen and oxygen atoms in total. The van der Waals surface area contributed by atoms with Gasteiger partial charge in [0.1, 0.15) is 13.2 Å². The molecule has 0 rings (SSSR count). The highest BCUT2D eigenvalue weighted by Crippen LogP contribution is 2.13. The molecule has 43 heavy (non-hydrogen) atoms. The van der Waals surface area contributed by atoms with E-state index in [1.165, 1.54) is 83.5 Å². The molecule has 0 fully saturated rings. The van der Waals surface area contributed by atoms with Gasteiger partial charge in [0.25, 0.3) is 0 Å². The van der Waals surface area contributed by atoms with Gasteiger partial charge in [0.05, 0.1) is 0 Å². The summed E-state index contributed by atoms with van der Waals surface area (Å²) in [6, 6.07) is 0. The summed E-state index contributed by atoms with van der Waals surface area (Å²) in [5.41, 5.74) is 0. The average Bonchev–Trinajstić information content (AvgIpc) is 3.00. The van der Waals surface area contributed by atoms with Gasteiger partial charge >= 0.3 is 17.9 Å². The lowest BCUT2D eigenvalue weighted by atomic mass is 10.1. The number of hydrogen-bond acceptors (Lipinski definition) is 6. The molecule has 0 N–H and O–H groups in total. The number of hydrogen-bond donors (Lipinski definition) is 0. The van der Waals surface area contributed by atoms with Gasteiger partial charge in [-0.15, -0.1) is 0 Å². The van der Waals surface area contributed by atoms with Crippen molar-refractivity contribution in [1.82, 2.24) is 0 Å². The maximum atomic E-state index is 12.5. The van der Waals surface area contributed by atoms with Crippen LogP contribution >= 0.6 is 0 Å². The van der Waals surface area contributed by atoms with Crippen molar-refractivity contribution < 1.29 is 28.6 Å². The van der Waals surface area contributed by atoms with E-state index >= 15 is 0 Å². The predicted molar refractivity (Wildman–Crippen MR) is 178 cm³/mol. The zero-order valence-corrected chi connectivity index (χ0v) is 28.5. The molecule has 0 radical (unpaired) electrons. The fourth-order valence-corrected chi connectivity index (χ4v) is 4.95. The number of ether oxygens (including phenoxy) is 3. The van der Waals surface area contributed by atoms with Crippen LogP contribution in [-0.4, -0.2) is 37.2 Å². The highest BCUT2D eigenvalue weighted by molar-refractivity contribution is 5.71. The second-order valence-electron chi connectivity index (χ2n) is 12.1. The lowest BCUT2D eigenvalue weighted by Gasteiger charge is -2.18. The first-order chi connectivity index (χ1) is 21.0. The zero-order valence-electron chi connectivity index (χ0n) is 28.5. The Morgan fingerprint density at radius 3 is 1.23 bits per heavy atom. The van der Waals surface area contributed by atoms with Crippen molar-refractivity contribution >= 4 is 17.9 Å². The topological polar surface area (TPSA) is 78.9 Å². The fraction of sp³-hybridized carbons (Fsp3) is 0.865. The number of carbonyl (C=O) groups excluding carboxylic acids is 3. The maximum absolute atomic E-state index is 12.5. The summed E-state index contributed by atoms with van der Waals surface area (Å²) in [5.74, 6) is -0.900. The number of carbonyl (C=O) groups is 3. The average molecular weight is 609 g/mol. The summed E-state index contributed by atoms with van der Waals surface area (Å²) in [6.45, 7) is 6.47. The second kappa shape index (κ2) is 33.1. The highest BCUT2D eigenvalue weighted by atomic mass is 16.6. The molecule has 0 aliphatic rings. The van der Waals surface area contributed by atoms with E-state index in [1.54, 1.807) is 0 Å². The predicted octanol–water partition coefficient (Wildman–Crippen LogP) is 10.7. The Labute approximate surface area is 265 Å². The van der Waals surface area contributed by atoms with E-state index in [0.717, 1.165) is 64.2 Å². The molecule has 0 aromatic carbocycles. The summed E-state index contributed by atoms with van der Waals surface area (Å²) in [7, 11) is 0. The summed E-state index contributed by atoms with van der Waals surface area (Å²) in [6.07, 6.45) is 30.7. The highest BCUT2D eigenvalue weighted by Gasteiger charge is 2.19. The second-order valence-corrected chi connectivity index (χ2v) is 12.1. The van der Waals surface area contributed by atoms with Crippen molar-refractivity contribution in [2.45, 2.75) is 194 Å². The van der Waals surface area contributed by atoms with Crippen LogP contribution in [0.1, 0.15) is 188 Å². The van der Waals surface area contributed by atoms with Crippen molar-refractivity contribution in [3.05, 3.63) is 12.2 Å². The lowest BCUT2D eigenvalue weighted by Crippen LogP contribution is -2.30. The van der Waals surface area contributed by atoms with Crippen LogP contribution in [0.15, 0.2) is 12.2 Å². The first-order valence-corrected chi connectivity index (χ1v) is 18.2. The van der Waals surface area contributed by atoms with Gasteiger partial charge in [0.2, 0.25) is 0 Å². The lowest BCUT2D eigenvalue weighted by molar-refractivity contribution is -0.167. The normalized spacial score (nSPS) is 12.0. The number of rotatable bonds is 32. The van der Waals surface area contributed by atoms with E-state index in [0.29, 0.717) is 19.3 Å². The Balaban J connectivity index is 4.33.